The molecule has 3 aromatic rings. The van der Waals surface area contributed by atoms with Crippen molar-refractivity contribution < 1.29 is 4.42 Å². The van der Waals surface area contributed by atoms with E-state index >= 15 is 0 Å². The summed E-state index contributed by atoms with van der Waals surface area (Å²) in [6, 6.07) is 14.7. The fraction of sp³-hybridized carbons (Fsp3) is 0.250. The number of aromatic nitrogens is 1. The number of hydrogen-bond acceptors (Lipinski definition) is 4. The molecule has 1 unspecified atom stereocenters. The predicted molar refractivity (Wildman–Crippen MR) is 92.3 cm³/mol. The first-order chi connectivity index (χ1) is 11.7. The Bertz CT molecular complexity index is 984. The van der Waals surface area contributed by atoms with E-state index in [4.69, 9.17) is 9.40 Å². The Kier molecular flexibility index (Phi) is 2.77. The molecule has 0 radical (unpaired) electrons. The quantitative estimate of drug-likeness (QED) is 0.476. The van der Waals surface area contributed by atoms with Crippen molar-refractivity contribution in [1.82, 2.24) is 4.98 Å². The minimum atomic E-state index is 0.162. The number of fused-ring (bicyclic) bond motifs is 4. The lowest BCUT2D eigenvalue weighted by Gasteiger charge is -2.11. The van der Waals surface area contributed by atoms with Gasteiger partial charge < -0.3 is 4.42 Å². The van der Waals surface area contributed by atoms with Gasteiger partial charge in [0.15, 0.2) is 0 Å². The van der Waals surface area contributed by atoms with Gasteiger partial charge in [0, 0.05) is 23.1 Å². The van der Waals surface area contributed by atoms with Crippen molar-refractivity contribution in [2.24, 2.45) is 16.1 Å². The Morgan fingerprint density at radius 1 is 1.12 bits per heavy atom. The number of benzene rings is 2. The lowest BCUT2D eigenvalue weighted by molar-refractivity contribution is 0.515. The third-order valence-electron chi connectivity index (χ3n) is 4.84. The molecule has 0 amide bonds. The summed E-state index contributed by atoms with van der Waals surface area (Å²) in [6.07, 6.45) is 0.818. The average Bonchev–Trinajstić information content (AvgIpc) is 3.26. The monoisotopic (exact) mass is 315 g/mol. The van der Waals surface area contributed by atoms with Crippen LogP contribution in [0.1, 0.15) is 36.8 Å². The van der Waals surface area contributed by atoms with Gasteiger partial charge >= 0.3 is 0 Å². The van der Waals surface area contributed by atoms with E-state index in [1.807, 2.05) is 12.1 Å². The van der Waals surface area contributed by atoms with Crippen LogP contribution < -0.4 is 0 Å². The summed E-state index contributed by atoms with van der Waals surface area (Å²) in [5.41, 5.74) is 6.53. The first-order valence-corrected chi connectivity index (χ1v) is 8.34. The molecule has 0 saturated carbocycles. The SMILES string of the molecule is CC(C)C1N=Nc2cc(-c3nc4c(o3)Cc3ccccc3-4)ccc21. The fourth-order valence-electron chi connectivity index (χ4n) is 3.58. The number of nitrogens with zero attached hydrogens (tertiary/aromatic N) is 3. The molecule has 1 atom stereocenters. The first kappa shape index (κ1) is 13.7. The van der Waals surface area contributed by atoms with Gasteiger partial charge in [0.1, 0.15) is 17.5 Å². The van der Waals surface area contributed by atoms with E-state index in [1.54, 1.807) is 0 Å². The Morgan fingerprint density at radius 2 is 2.00 bits per heavy atom. The lowest BCUT2D eigenvalue weighted by atomic mass is 9.95. The molecule has 2 aromatic carbocycles. The Labute approximate surface area is 140 Å². The zero-order valence-corrected chi connectivity index (χ0v) is 13.7. The van der Waals surface area contributed by atoms with Gasteiger partial charge in [0.2, 0.25) is 5.89 Å². The number of hydrogen-bond donors (Lipinski definition) is 0. The van der Waals surface area contributed by atoms with Gasteiger partial charge in [-0.3, -0.25) is 0 Å². The van der Waals surface area contributed by atoms with Gasteiger partial charge in [-0.05, 0) is 23.6 Å². The molecule has 5 rings (SSSR count). The van der Waals surface area contributed by atoms with Crippen LogP contribution in [0.15, 0.2) is 57.1 Å². The maximum absolute atomic E-state index is 6.05. The Balaban J connectivity index is 1.55. The van der Waals surface area contributed by atoms with Gasteiger partial charge in [-0.1, -0.05) is 44.2 Å². The van der Waals surface area contributed by atoms with Gasteiger partial charge in [0.05, 0.1) is 5.69 Å². The van der Waals surface area contributed by atoms with Crippen molar-refractivity contribution in [2.45, 2.75) is 26.3 Å². The van der Waals surface area contributed by atoms with Gasteiger partial charge in [-0.15, -0.1) is 0 Å². The molecule has 2 heterocycles. The molecule has 118 valence electrons. The molecular weight excluding hydrogens is 298 g/mol. The normalized spacial score (nSPS) is 17.2. The van der Waals surface area contributed by atoms with Crippen molar-refractivity contribution in [2.75, 3.05) is 0 Å². The third-order valence-corrected chi connectivity index (χ3v) is 4.84. The molecule has 0 spiro atoms. The number of rotatable bonds is 2. The molecule has 1 aromatic heterocycles. The van der Waals surface area contributed by atoms with Crippen LogP contribution >= 0.6 is 0 Å². The van der Waals surface area contributed by atoms with E-state index < -0.39 is 0 Å². The summed E-state index contributed by atoms with van der Waals surface area (Å²) in [4.78, 5) is 4.74. The molecule has 24 heavy (non-hydrogen) atoms. The minimum Gasteiger partial charge on any atom is -0.440 e. The van der Waals surface area contributed by atoms with Crippen LogP contribution in [-0.2, 0) is 6.42 Å². The van der Waals surface area contributed by atoms with Gasteiger partial charge in [-0.25, -0.2) is 4.98 Å². The van der Waals surface area contributed by atoms with Crippen LogP contribution in [-0.4, -0.2) is 4.98 Å². The van der Waals surface area contributed by atoms with Crippen LogP contribution in [0, 0.1) is 5.92 Å². The lowest BCUT2D eigenvalue weighted by Crippen LogP contribution is -2.00. The Hall–Kier alpha value is -2.75. The van der Waals surface area contributed by atoms with E-state index in [0.717, 1.165) is 29.1 Å². The van der Waals surface area contributed by atoms with Crippen LogP contribution in [0.3, 0.4) is 0 Å². The molecule has 4 nitrogen and oxygen atoms in total. The van der Waals surface area contributed by atoms with Gasteiger partial charge in [0.25, 0.3) is 0 Å². The minimum absolute atomic E-state index is 0.162. The summed E-state index contributed by atoms with van der Waals surface area (Å²) < 4.78 is 6.05. The smallest absolute Gasteiger partial charge is 0.226 e. The predicted octanol–water partition coefficient (Wildman–Crippen LogP) is 5.71. The molecule has 2 aliphatic rings. The van der Waals surface area contributed by atoms with Gasteiger partial charge in [-0.2, -0.15) is 10.2 Å². The summed E-state index contributed by atoms with van der Waals surface area (Å²) in [6.45, 7) is 4.34. The highest BCUT2D eigenvalue weighted by Crippen LogP contribution is 2.43. The van der Waals surface area contributed by atoms with Crippen molar-refractivity contribution >= 4 is 5.69 Å². The van der Waals surface area contributed by atoms with E-state index in [1.165, 1.54) is 16.7 Å². The summed E-state index contributed by atoms with van der Waals surface area (Å²) >= 11 is 0. The van der Waals surface area contributed by atoms with Crippen LogP contribution in [0.4, 0.5) is 5.69 Å². The Morgan fingerprint density at radius 3 is 2.88 bits per heavy atom. The van der Waals surface area contributed by atoms with Crippen molar-refractivity contribution in [3.8, 4) is 22.7 Å². The van der Waals surface area contributed by atoms with Crippen molar-refractivity contribution in [3.05, 3.63) is 59.4 Å². The number of azo groups is 1. The fourth-order valence-corrected chi connectivity index (χ4v) is 3.58. The van der Waals surface area contributed by atoms with Crippen LogP contribution in [0.25, 0.3) is 22.7 Å². The van der Waals surface area contributed by atoms with Crippen LogP contribution in [0.2, 0.25) is 0 Å². The average molecular weight is 315 g/mol. The van der Waals surface area contributed by atoms with E-state index in [-0.39, 0.29) is 6.04 Å². The number of oxazole rings is 1. The zero-order valence-electron chi connectivity index (χ0n) is 13.7. The maximum Gasteiger partial charge on any atom is 0.226 e. The molecule has 0 bridgehead atoms. The topological polar surface area (TPSA) is 50.8 Å². The van der Waals surface area contributed by atoms with E-state index in [9.17, 15) is 0 Å². The van der Waals surface area contributed by atoms with E-state index in [0.29, 0.717) is 11.8 Å². The highest BCUT2D eigenvalue weighted by atomic mass is 16.4. The van der Waals surface area contributed by atoms with E-state index in [2.05, 4.69) is 54.4 Å². The first-order valence-electron chi connectivity index (χ1n) is 8.34. The molecule has 1 aliphatic carbocycles. The highest BCUT2D eigenvalue weighted by molar-refractivity contribution is 5.74. The standard InChI is InChI=1S/C20H17N3O/c1-11(2)18-15-8-7-13(9-16(15)22-23-18)20-21-19-14-6-4-3-5-12(14)10-17(19)24-20/h3-9,11,18H,10H2,1-2H3. The second-order valence-corrected chi connectivity index (χ2v) is 6.80. The molecule has 0 fully saturated rings. The van der Waals surface area contributed by atoms with Crippen molar-refractivity contribution in [3.63, 3.8) is 0 Å². The second kappa shape index (κ2) is 4.87. The maximum atomic E-state index is 6.05. The third kappa shape index (κ3) is 1.89. The second-order valence-electron chi connectivity index (χ2n) is 6.80. The summed E-state index contributed by atoms with van der Waals surface area (Å²) in [7, 11) is 0. The highest BCUT2D eigenvalue weighted by Gasteiger charge is 2.27. The molecular formula is C20H17N3O. The van der Waals surface area contributed by atoms with Crippen LogP contribution in [0.5, 0.6) is 0 Å². The molecule has 0 N–H and O–H groups in total. The molecule has 0 saturated heterocycles. The zero-order chi connectivity index (χ0) is 16.3. The summed E-state index contributed by atoms with van der Waals surface area (Å²) in [5, 5.41) is 8.73. The molecule has 1 aliphatic heterocycles. The largest absolute Gasteiger partial charge is 0.440 e. The molecule has 4 heteroatoms. The van der Waals surface area contributed by atoms with Crippen molar-refractivity contribution in [1.29, 1.82) is 0 Å². The summed E-state index contributed by atoms with van der Waals surface area (Å²) in [5.74, 6) is 2.07.